The number of imidazole rings is 1. The first-order chi connectivity index (χ1) is 11.6. The molecule has 0 radical (unpaired) electrons. The first-order valence-corrected chi connectivity index (χ1v) is 7.49. The third kappa shape index (κ3) is 3.00. The van der Waals surface area contributed by atoms with Gasteiger partial charge in [-0.1, -0.05) is 36.4 Å². The van der Waals surface area contributed by atoms with Gasteiger partial charge in [0.2, 0.25) is 5.52 Å². The highest BCUT2D eigenvalue weighted by atomic mass is 16.5. The molecular weight excluding hydrogens is 306 g/mol. The number of fused-ring (bicyclic) bond motifs is 1. The van der Waals surface area contributed by atoms with E-state index in [1.807, 2.05) is 54.1 Å². The van der Waals surface area contributed by atoms with Crippen LogP contribution in [0, 0.1) is 0 Å². The van der Waals surface area contributed by atoms with E-state index in [2.05, 4.69) is 0 Å². The van der Waals surface area contributed by atoms with Crippen molar-refractivity contribution in [1.29, 1.82) is 0 Å². The number of carbonyl (C=O) groups is 1. The molecule has 0 saturated carbocycles. The molecule has 0 aliphatic carbocycles. The summed E-state index contributed by atoms with van der Waals surface area (Å²) in [4.78, 5) is 11.1. The minimum Gasteiger partial charge on any atom is -0.349 e. The second-order valence-electron chi connectivity index (χ2n) is 5.51. The second kappa shape index (κ2) is 6.55. The molecule has 0 unspecified atom stereocenters. The second-order valence-corrected chi connectivity index (χ2v) is 5.51. The van der Waals surface area contributed by atoms with Gasteiger partial charge in [0.15, 0.2) is 5.52 Å². The van der Waals surface area contributed by atoms with Crippen LogP contribution < -0.4 is 10.0 Å². The van der Waals surface area contributed by atoms with E-state index in [-0.39, 0.29) is 0 Å². The van der Waals surface area contributed by atoms with E-state index in [1.165, 1.54) is 16.3 Å². The van der Waals surface area contributed by atoms with E-state index in [1.54, 1.807) is 12.1 Å². The lowest BCUT2D eigenvalue weighted by atomic mass is 10.1. The number of aryl methyl sites for hydroxylation is 1. The summed E-state index contributed by atoms with van der Waals surface area (Å²) in [6.07, 6.45) is 3.38. The fraction of sp³-hybridized carbons (Fsp3) is 0.111. The Labute approximate surface area is 138 Å². The van der Waals surface area contributed by atoms with Crippen LogP contribution in [0.1, 0.15) is 17.0 Å². The summed E-state index contributed by atoms with van der Waals surface area (Å²) in [7, 11) is 1.90. The zero-order valence-electron chi connectivity index (χ0n) is 13.2. The highest BCUT2D eigenvalue weighted by Crippen LogP contribution is 2.18. The van der Waals surface area contributed by atoms with E-state index >= 15 is 0 Å². The van der Waals surface area contributed by atoms with Crippen LogP contribution in [0.4, 0.5) is 0 Å². The zero-order valence-corrected chi connectivity index (χ0v) is 13.2. The van der Waals surface area contributed by atoms with Crippen LogP contribution in [0.3, 0.4) is 0 Å². The van der Waals surface area contributed by atoms with Crippen molar-refractivity contribution in [2.75, 3.05) is 0 Å². The molecule has 1 aromatic heterocycles. The minimum absolute atomic E-state index is 0.598. The van der Waals surface area contributed by atoms with E-state index in [0.29, 0.717) is 11.9 Å². The number of hydroxylamine groups is 1. The largest absolute Gasteiger partial charge is 0.349 e. The van der Waals surface area contributed by atoms with Gasteiger partial charge in [-0.2, -0.15) is 0 Å². The Hall–Kier alpha value is -3.12. The molecule has 0 bridgehead atoms. The topological polar surface area (TPSA) is 78.4 Å². The predicted molar refractivity (Wildman–Crippen MR) is 88.5 cm³/mol. The molecule has 6 nitrogen and oxygen atoms in total. The van der Waals surface area contributed by atoms with Crippen LogP contribution in [-0.2, 0) is 18.3 Å². The van der Waals surface area contributed by atoms with Crippen molar-refractivity contribution in [2.45, 2.75) is 6.42 Å². The molecule has 2 aromatic carbocycles. The summed E-state index contributed by atoms with van der Waals surface area (Å²) in [5.41, 5.74) is 4.91. The quantitative estimate of drug-likeness (QED) is 0.225. The maximum Gasteiger partial charge on any atom is 0.301 e. The molecular formula is C18H18N3O3+. The molecule has 0 fully saturated rings. The maximum atomic E-state index is 11.1. The minimum atomic E-state index is -0.607. The van der Waals surface area contributed by atoms with Crippen molar-refractivity contribution in [3.05, 3.63) is 71.6 Å². The Kier molecular flexibility index (Phi) is 4.31. The molecule has 3 rings (SSSR count). The molecule has 122 valence electrons. The molecule has 3 N–H and O–H groups in total. The lowest BCUT2D eigenvalue weighted by molar-refractivity contribution is -0.655. The number of amides is 1. The Morgan fingerprint density at radius 2 is 2.00 bits per heavy atom. The Morgan fingerprint density at radius 1 is 1.25 bits per heavy atom. The van der Waals surface area contributed by atoms with E-state index in [0.717, 1.165) is 22.5 Å². The van der Waals surface area contributed by atoms with Gasteiger partial charge in [0.25, 0.3) is 5.91 Å². The zero-order chi connectivity index (χ0) is 17.1. The van der Waals surface area contributed by atoms with Crippen LogP contribution in [0.5, 0.6) is 0 Å². The highest BCUT2D eigenvalue weighted by molar-refractivity contribution is 5.91. The number of carbonyl (C=O) groups excluding carboxylic acids is 1. The van der Waals surface area contributed by atoms with E-state index in [4.69, 9.17) is 5.21 Å². The molecule has 24 heavy (non-hydrogen) atoms. The summed E-state index contributed by atoms with van der Waals surface area (Å²) in [5, 5.41) is 19.0. The number of hydrogen-bond donors (Lipinski definition) is 3. The van der Waals surface area contributed by atoms with Gasteiger partial charge < -0.3 is 5.21 Å². The Bertz CT molecular complexity index is 914. The number of aromatic nitrogens is 2. The number of benzene rings is 2. The molecule has 0 aliphatic rings. The SMILES string of the molecule is C[n+]1c(Cc2ccccc2)n(O)c2cc(/C=C/C(=O)NO)ccc21. The van der Waals surface area contributed by atoms with Gasteiger partial charge in [0.1, 0.15) is 0 Å². The molecule has 0 spiro atoms. The Balaban J connectivity index is 2.00. The van der Waals surface area contributed by atoms with E-state index < -0.39 is 5.91 Å². The van der Waals surface area contributed by atoms with Gasteiger partial charge in [-0.05, 0) is 28.0 Å². The maximum absolute atomic E-state index is 11.1. The van der Waals surface area contributed by atoms with Gasteiger partial charge in [0, 0.05) is 12.1 Å². The van der Waals surface area contributed by atoms with Crippen LogP contribution >= 0.6 is 0 Å². The molecule has 1 amide bonds. The molecule has 1 heterocycles. The monoisotopic (exact) mass is 324 g/mol. The van der Waals surface area contributed by atoms with Crippen molar-refractivity contribution < 1.29 is 19.8 Å². The number of nitrogens with zero attached hydrogens (tertiary/aromatic N) is 2. The van der Waals surface area contributed by atoms with Gasteiger partial charge >= 0.3 is 5.82 Å². The van der Waals surface area contributed by atoms with Crippen LogP contribution in [0.25, 0.3) is 17.1 Å². The van der Waals surface area contributed by atoms with Crippen LogP contribution in [0.15, 0.2) is 54.6 Å². The fourth-order valence-electron chi connectivity index (χ4n) is 2.70. The Morgan fingerprint density at radius 3 is 2.71 bits per heavy atom. The fourth-order valence-corrected chi connectivity index (χ4v) is 2.70. The number of rotatable bonds is 4. The van der Waals surface area contributed by atoms with Crippen molar-refractivity contribution in [3.63, 3.8) is 0 Å². The summed E-state index contributed by atoms with van der Waals surface area (Å²) in [6.45, 7) is 0. The van der Waals surface area contributed by atoms with Gasteiger partial charge in [-0.15, -0.1) is 0 Å². The van der Waals surface area contributed by atoms with Gasteiger partial charge in [0.05, 0.1) is 13.5 Å². The predicted octanol–water partition coefficient (Wildman–Crippen LogP) is 1.81. The smallest absolute Gasteiger partial charge is 0.301 e. The highest BCUT2D eigenvalue weighted by Gasteiger charge is 2.22. The summed E-state index contributed by atoms with van der Waals surface area (Å²) >= 11 is 0. The number of nitrogens with one attached hydrogen (secondary N) is 1. The summed E-state index contributed by atoms with van der Waals surface area (Å²) in [5.74, 6) is 0.148. The van der Waals surface area contributed by atoms with Crippen LogP contribution in [0.2, 0.25) is 0 Å². The van der Waals surface area contributed by atoms with Gasteiger partial charge in [-0.25, -0.2) is 10.0 Å². The molecule has 0 atom stereocenters. The average Bonchev–Trinajstić information content (AvgIpc) is 2.85. The lowest BCUT2D eigenvalue weighted by Gasteiger charge is -1.97. The molecule has 0 aliphatic heterocycles. The number of hydrogen-bond acceptors (Lipinski definition) is 3. The normalized spacial score (nSPS) is 11.2. The van der Waals surface area contributed by atoms with E-state index in [9.17, 15) is 10.0 Å². The van der Waals surface area contributed by atoms with Crippen molar-refractivity contribution >= 4 is 23.0 Å². The molecule has 6 heteroatoms. The lowest BCUT2D eigenvalue weighted by Crippen LogP contribution is -2.33. The molecule has 0 saturated heterocycles. The first-order valence-electron chi connectivity index (χ1n) is 7.49. The standard InChI is InChI=1S/C18H17N3O3/c1-20-15-9-7-14(8-10-17(22)19-23)11-16(15)21(24)18(20)12-13-5-3-2-4-6-13/h2-11H,12H2,1H3,(H2-,19,22,23,24)/p+1/b10-8+. The third-order valence-corrected chi connectivity index (χ3v) is 3.96. The van der Waals surface area contributed by atoms with Crippen molar-refractivity contribution in [3.8, 4) is 0 Å². The van der Waals surface area contributed by atoms with Gasteiger partial charge in [-0.3, -0.25) is 10.0 Å². The first kappa shape index (κ1) is 15.8. The average molecular weight is 324 g/mol. The summed E-state index contributed by atoms with van der Waals surface area (Å²) < 4.78 is 3.11. The third-order valence-electron chi connectivity index (χ3n) is 3.96. The molecule has 3 aromatic rings. The van der Waals surface area contributed by atoms with Crippen molar-refractivity contribution in [1.82, 2.24) is 10.2 Å². The summed E-state index contributed by atoms with van der Waals surface area (Å²) in [6, 6.07) is 15.4. The van der Waals surface area contributed by atoms with Crippen LogP contribution in [-0.4, -0.2) is 21.1 Å². The van der Waals surface area contributed by atoms with Crippen molar-refractivity contribution in [2.24, 2.45) is 7.05 Å².